The number of aryl methyl sites for hydroxylation is 1. The molecule has 0 spiro atoms. The van der Waals surface area contributed by atoms with Crippen molar-refractivity contribution in [1.82, 2.24) is 25.5 Å². The number of rotatable bonds is 12. The van der Waals surface area contributed by atoms with Crippen molar-refractivity contribution in [3.8, 4) is 11.5 Å². The third-order valence-corrected chi connectivity index (χ3v) is 6.11. The molecule has 1 aromatic heterocycles. The highest BCUT2D eigenvalue weighted by molar-refractivity contribution is 9.10. The first kappa shape index (κ1) is 22.6. The topological polar surface area (TPSA) is 74.1 Å². The van der Waals surface area contributed by atoms with Crippen LogP contribution >= 0.6 is 27.7 Å². The molecule has 3 aromatic rings. The zero-order valence-electron chi connectivity index (χ0n) is 17.2. The maximum Gasteiger partial charge on any atom is 0.209 e. The molecule has 1 N–H and O–H groups in total. The molecule has 30 heavy (non-hydrogen) atoms. The number of hydrogen-bond acceptors (Lipinski definition) is 7. The van der Waals surface area contributed by atoms with E-state index in [2.05, 4.69) is 36.8 Å². The van der Waals surface area contributed by atoms with E-state index in [-0.39, 0.29) is 0 Å². The number of halogens is 1. The van der Waals surface area contributed by atoms with Crippen LogP contribution < -0.4 is 14.8 Å². The van der Waals surface area contributed by atoms with Gasteiger partial charge in [0, 0.05) is 23.8 Å². The number of nitrogens with one attached hydrogen (secondary N) is 1. The third kappa shape index (κ3) is 6.72. The molecule has 160 valence electrons. The van der Waals surface area contributed by atoms with Crippen LogP contribution in [-0.2, 0) is 20.2 Å². The Bertz CT molecular complexity index is 923. The molecule has 0 unspecified atom stereocenters. The van der Waals surface area contributed by atoms with Crippen LogP contribution in [0.2, 0.25) is 0 Å². The van der Waals surface area contributed by atoms with Crippen molar-refractivity contribution >= 4 is 27.7 Å². The molecule has 0 amide bonds. The van der Waals surface area contributed by atoms with E-state index >= 15 is 0 Å². The number of thioether (sulfide) groups is 1. The maximum absolute atomic E-state index is 6.02. The van der Waals surface area contributed by atoms with Crippen LogP contribution in [0.3, 0.4) is 0 Å². The minimum atomic E-state index is 0.504. The first-order chi connectivity index (χ1) is 14.7. The number of tetrazole rings is 1. The number of aromatic nitrogens is 4. The zero-order valence-corrected chi connectivity index (χ0v) is 19.6. The van der Waals surface area contributed by atoms with Crippen LogP contribution in [0.4, 0.5) is 0 Å². The molecule has 3 rings (SSSR count). The fraction of sp³-hybridized carbons (Fsp3) is 0.381. The summed E-state index contributed by atoms with van der Waals surface area (Å²) in [4.78, 5) is 0. The molecule has 0 aliphatic rings. The molecule has 0 saturated carbocycles. The normalized spacial score (nSPS) is 10.9. The lowest BCUT2D eigenvalue weighted by Gasteiger charge is -2.15. The Balaban J connectivity index is 1.50. The average molecular weight is 492 g/mol. The van der Waals surface area contributed by atoms with E-state index in [1.807, 2.05) is 56.4 Å². The van der Waals surface area contributed by atoms with Gasteiger partial charge >= 0.3 is 0 Å². The van der Waals surface area contributed by atoms with Gasteiger partial charge in [0.1, 0.15) is 6.61 Å². The highest BCUT2D eigenvalue weighted by atomic mass is 79.9. The van der Waals surface area contributed by atoms with E-state index in [0.717, 1.165) is 57.5 Å². The quantitative estimate of drug-likeness (QED) is 0.300. The van der Waals surface area contributed by atoms with Gasteiger partial charge in [0.15, 0.2) is 11.5 Å². The largest absolute Gasteiger partial charge is 0.490 e. The molecule has 9 heteroatoms. The van der Waals surface area contributed by atoms with Crippen molar-refractivity contribution in [2.75, 3.05) is 18.9 Å². The highest BCUT2D eigenvalue weighted by Gasteiger charge is 2.11. The Hall–Kier alpha value is -2.10. The lowest BCUT2D eigenvalue weighted by Crippen LogP contribution is -2.16. The van der Waals surface area contributed by atoms with Gasteiger partial charge in [-0.15, -0.1) is 5.10 Å². The summed E-state index contributed by atoms with van der Waals surface area (Å²) in [5, 5.41) is 15.8. The minimum absolute atomic E-state index is 0.504. The van der Waals surface area contributed by atoms with E-state index in [4.69, 9.17) is 9.47 Å². The molecule has 0 saturated heterocycles. The standard InChI is InChI=1S/C21H26BrN5O2S/c1-3-28-19-12-17(14-23-10-7-11-30-21-24-25-26-27(21)2)18(22)13-20(19)29-15-16-8-5-4-6-9-16/h4-6,8-9,12-13,23H,3,7,10-11,14-15H2,1-2H3. The van der Waals surface area contributed by atoms with Crippen LogP contribution in [0.25, 0.3) is 0 Å². The summed E-state index contributed by atoms with van der Waals surface area (Å²) in [6.45, 7) is 4.72. The molecule has 0 bridgehead atoms. The van der Waals surface area contributed by atoms with E-state index in [1.165, 1.54) is 0 Å². The van der Waals surface area contributed by atoms with E-state index in [9.17, 15) is 0 Å². The molecule has 0 radical (unpaired) electrons. The van der Waals surface area contributed by atoms with Gasteiger partial charge in [-0.25, -0.2) is 4.68 Å². The predicted octanol–water partition coefficient (Wildman–Crippen LogP) is 4.22. The van der Waals surface area contributed by atoms with Crippen molar-refractivity contribution in [3.63, 3.8) is 0 Å². The van der Waals surface area contributed by atoms with Crippen molar-refractivity contribution < 1.29 is 9.47 Å². The monoisotopic (exact) mass is 491 g/mol. The summed E-state index contributed by atoms with van der Waals surface area (Å²) in [5.74, 6) is 2.46. The second-order valence-corrected chi connectivity index (χ2v) is 8.48. The smallest absolute Gasteiger partial charge is 0.209 e. The first-order valence-corrected chi connectivity index (χ1v) is 11.6. The van der Waals surface area contributed by atoms with Crippen molar-refractivity contribution in [2.45, 2.75) is 31.7 Å². The number of hydrogen-bond donors (Lipinski definition) is 1. The Morgan fingerprint density at radius 2 is 1.93 bits per heavy atom. The van der Waals surface area contributed by atoms with Crippen LogP contribution in [0.15, 0.2) is 52.1 Å². The van der Waals surface area contributed by atoms with Gasteiger partial charge in [0.2, 0.25) is 5.16 Å². The highest BCUT2D eigenvalue weighted by Crippen LogP contribution is 2.34. The first-order valence-electron chi connectivity index (χ1n) is 9.85. The van der Waals surface area contributed by atoms with Gasteiger partial charge in [-0.3, -0.25) is 0 Å². The fourth-order valence-corrected chi connectivity index (χ4v) is 4.01. The second-order valence-electron chi connectivity index (χ2n) is 6.56. The van der Waals surface area contributed by atoms with Crippen molar-refractivity contribution in [1.29, 1.82) is 0 Å². The summed E-state index contributed by atoms with van der Waals surface area (Å²) in [6.07, 6.45) is 1.02. The van der Waals surface area contributed by atoms with E-state index in [1.54, 1.807) is 16.4 Å². The van der Waals surface area contributed by atoms with Gasteiger partial charge < -0.3 is 14.8 Å². The van der Waals surface area contributed by atoms with Gasteiger partial charge in [0.05, 0.1) is 6.61 Å². The van der Waals surface area contributed by atoms with Gasteiger partial charge in [0.25, 0.3) is 0 Å². The van der Waals surface area contributed by atoms with Crippen molar-refractivity contribution in [3.05, 3.63) is 58.1 Å². The molecular weight excluding hydrogens is 466 g/mol. The Morgan fingerprint density at radius 1 is 1.13 bits per heavy atom. The van der Waals surface area contributed by atoms with Crippen LogP contribution in [0.5, 0.6) is 11.5 Å². The minimum Gasteiger partial charge on any atom is -0.490 e. The summed E-state index contributed by atoms with van der Waals surface area (Å²) in [6, 6.07) is 14.1. The molecule has 2 aromatic carbocycles. The van der Waals surface area contributed by atoms with Crippen molar-refractivity contribution in [2.24, 2.45) is 7.05 Å². The van der Waals surface area contributed by atoms with E-state index < -0.39 is 0 Å². The van der Waals surface area contributed by atoms with Crippen LogP contribution in [0, 0.1) is 0 Å². The predicted molar refractivity (Wildman–Crippen MR) is 122 cm³/mol. The summed E-state index contributed by atoms with van der Waals surface area (Å²) >= 11 is 5.33. The van der Waals surface area contributed by atoms with Gasteiger partial charge in [-0.2, -0.15) is 0 Å². The molecule has 1 heterocycles. The number of ether oxygens (including phenoxy) is 2. The summed E-state index contributed by atoms with van der Waals surface area (Å²) in [7, 11) is 1.85. The third-order valence-electron chi connectivity index (χ3n) is 4.28. The van der Waals surface area contributed by atoms with Gasteiger partial charge in [-0.05, 0) is 53.6 Å². The molecule has 0 atom stereocenters. The zero-order chi connectivity index (χ0) is 21.2. The Labute approximate surface area is 189 Å². The summed E-state index contributed by atoms with van der Waals surface area (Å²) in [5.41, 5.74) is 2.26. The lowest BCUT2D eigenvalue weighted by molar-refractivity contribution is 0.269. The lowest BCUT2D eigenvalue weighted by atomic mass is 10.2. The van der Waals surface area contributed by atoms with Crippen LogP contribution in [0.1, 0.15) is 24.5 Å². The second kappa shape index (κ2) is 11.9. The van der Waals surface area contributed by atoms with Crippen LogP contribution in [-0.4, -0.2) is 39.1 Å². The van der Waals surface area contributed by atoms with Gasteiger partial charge in [-0.1, -0.05) is 58.0 Å². The Kier molecular flexibility index (Phi) is 8.98. The molecule has 0 fully saturated rings. The molecule has 0 aliphatic carbocycles. The maximum atomic E-state index is 6.02. The number of benzene rings is 2. The molecule has 0 aliphatic heterocycles. The molecule has 7 nitrogen and oxygen atoms in total. The Morgan fingerprint density at radius 3 is 2.67 bits per heavy atom. The van der Waals surface area contributed by atoms with E-state index in [0.29, 0.717) is 13.2 Å². The molecular formula is C21H26BrN5O2S. The number of nitrogens with zero attached hydrogens (tertiary/aromatic N) is 4. The fourth-order valence-electron chi connectivity index (χ4n) is 2.76. The summed E-state index contributed by atoms with van der Waals surface area (Å²) < 4.78 is 14.5. The SMILES string of the molecule is CCOc1cc(CNCCCSc2nnnn2C)c(Br)cc1OCc1ccccc1. The average Bonchev–Trinajstić information content (AvgIpc) is 3.17.